The predicted octanol–water partition coefficient (Wildman–Crippen LogP) is 3.18. The van der Waals surface area contributed by atoms with E-state index in [9.17, 15) is 0 Å². The molecule has 0 radical (unpaired) electrons. The Labute approximate surface area is 161 Å². The van der Waals surface area contributed by atoms with Crippen molar-refractivity contribution in [3.8, 4) is 5.75 Å². The number of fused-ring (bicyclic) bond motifs is 1. The first-order valence-corrected chi connectivity index (χ1v) is 9.57. The second kappa shape index (κ2) is 7.03. The first-order chi connectivity index (χ1) is 13.1. The lowest BCUT2D eigenvalue weighted by atomic mass is 10.1. The van der Waals surface area contributed by atoms with Crippen molar-refractivity contribution >= 4 is 33.6 Å². The number of hydrogen-bond acceptors (Lipinski definition) is 7. The quantitative estimate of drug-likeness (QED) is 0.535. The van der Waals surface area contributed by atoms with E-state index in [0.29, 0.717) is 12.4 Å². The first kappa shape index (κ1) is 17.5. The molecule has 3 aromatic heterocycles. The Morgan fingerprint density at radius 3 is 2.96 bits per heavy atom. The minimum absolute atomic E-state index is 0.0242. The molecule has 0 saturated carbocycles. The van der Waals surface area contributed by atoms with Crippen LogP contribution in [0.5, 0.6) is 5.75 Å². The summed E-state index contributed by atoms with van der Waals surface area (Å²) in [6.07, 6.45) is 5.63. The average Bonchev–Trinajstić information content (AvgIpc) is 3.29. The minimum atomic E-state index is 0.0242. The molecule has 1 saturated heterocycles. The molecule has 0 aromatic carbocycles. The standard InChI is InChI=1S/C19H20N6OS/c1-11-12(2)23-24-19-16(11)15(8-20)17(27-19)18(21)25-7-5-14(10-25)26-13-4-3-6-22-9-13/h3-4,6,8-9,14,20-21H,5,7,10H2,1-2H3/t14-/m0/s1. The van der Waals surface area contributed by atoms with Crippen LogP contribution in [0.25, 0.3) is 10.2 Å². The van der Waals surface area contributed by atoms with Crippen molar-refractivity contribution in [3.63, 3.8) is 0 Å². The highest BCUT2D eigenvalue weighted by atomic mass is 32.1. The largest absolute Gasteiger partial charge is 0.487 e. The van der Waals surface area contributed by atoms with Gasteiger partial charge in [-0.05, 0) is 31.5 Å². The highest BCUT2D eigenvalue weighted by Crippen LogP contribution is 2.33. The van der Waals surface area contributed by atoms with E-state index in [1.165, 1.54) is 17.6 Å². The predicted molar refractivity (Wildman–Crippen MR) is 106 cm³/mol. The number of nitrogens with one attached hydrogen (secondary N) is 2. The third kappa shape index (κ3) is 3.16. The van der Waals surface area contributed by atoms with Gasteiger partial charge >= 0.3 is 0 Å². The van der Waals surface area contributed by atoms with Gasteiger partial charge in [-0.1, -0.05) is 0 Å². The second-order valence-electron chi connectivity index (χ2n) is 6.59. The number of pyridine rings is 1. The molecule has 1 aliphatic heterocycles. The summed E-state index contributed by atoms with van der Waals surface area (Å²) in [5.41, 5.74) is 2.63. The summed E-state index contributed by atoms with van der Waals surface area (Å²) >= 11 is 1.43. The van der Waals surface area contributed by atoms with Crippen LogP contribution in [0.15, 0.2) is 24.5 Å². The highest BCUT2D eigenvalue weighted by molar-refractivity contribution is 7.21. The van der Waals surface area contributed by atoms with Crippen molar-refractivity contribution in [2.75, 3.05) is 13.1 Å². The molecule has 138 valence electrons. The summed E-state index contributed by atoms with van der Waals surface area (Å²) in [6.45, 7) is 5.30. The Bertz CT molecular complexity index is 1020. The zero-order valence-corrected chi connectivity index (χ0v) is 16.0. The van der Waals surface area contributed by atoms with Gasteiger partial charge in [-0.25, -0.2) is 0 Å². The number of nitrogens with zero attached hydrogens (tertiary/aromatic N) is 4. The number of likely N-dealkylation sites (tertiary alicyclic amines) is 1. The van der Waals surface area contributed by atoms with Crippen LogP contribution in [0, 0.1) is 24.7 Å². The fourth-order valence-corrected chi connectivity index (χ4v) is 4.47. The summed E-state index contributed by atoms with van der Waals surface area (Å²) < 4.78 is 5.98. The van der Waals surface area contributed by atoms with Crippen molar-refractivity contribution in [1.29, 1.82) is 10.8 Å². The number of thiophene rings is 1. The molecule has 1 fully saturated rings. The molecule has 3 aromatic rings. The van der Waals surface area contributed by atoms with E-state index < -0.39 is 0 Å². The highest BCUT2D eigenvalue weighted by Gasteiger charge is 2.29. The monoisotopic (exact) mass is 380 g/mol. The molecule has 27 heavy (non-hydrogen) atoms. The molecule has 0 bridgehead atoms. The van der Waals surface area contributed by atoms with Gasteiger partial charge in [-0.2, -0.15) is 5.10 Å². The topological polar surface area (TPSA) is 98.8 Å². The van der Waals surface area contributed by atoms with Crippen LogP contribution in [-0.4, -0.2) is 51.3 Å². The van der Waals surface area contributed by atoms with Gasteiger partial charge in [-0.3, -0.25) is 10.4 Å². The molecule has 7 nitrogen and oxygen atoms in total. The number of amidine groups is 1. The Morgan fingerprint density at radius 1 is 1.37 bits per heavy atom. The molecular formula is C19H20N6OS. The lowest BCUT2D eigenvalue weighted by molar-refractivity contribution is 0.213. The van der Waals surface area contributed by atoms with Gasteiger partial charge in [0, 0.05) is 36.3 Å². The third-order valence-corrected chi connectivity index (χ3v) is 5.99. The SMILES string of the molecule is Cc1nnc2sc(C(=N)N3CC[C@H](Oc4cccnc4)C3)c(C=N)c2c1C. The van der Waals surface area contributed by atoms with Gasteiger partial charge in [-0.15, -0.1) is 16.4 Å². The molecule has 4 rings (SSSR count). The lowest BCUT2D eigenvalue weighted by Crippen LogP contribution is -2.31. The maximum Gasteiger partial charge on any atom is 0.147 e. The van der Waals surface area contributed by atoms with E-state index in [1.54, 1.807) is 12.4 Å². The Hall–Kier alpha value is -2.87. The van der Waals surface area contributed by atoms with Gasteiger partial charge in [0.15, 0.2) is 0 Å². The van der Waals surface area contributed by atoms with Crippen LogP contribution in [0.1, 0.15) is 28.1 Å². The molecule has 8 heteroatoms. The summed E-state index contributed by atoms with van der Waals surface area (Å²) in [5.74, 6) is 1.17. The van der Waals surface area contributed by atoms with Crippen molar-refractivity contribution in [3.05, 3.63) is 46.2 Å². The molecule has 1 aliphatic rings. The second-order valence-corrected chi connectivity index (χ2v) is 7.59. The number of hydrogen-bond donors (Lipinski definition) is 2. The van der Waals surface area contributed by atoms with Gasteiger partial charge in [0.25, 0.3) is 0 Å². The van der Waals surface area contributed by atoms with Crippen LogP contribution in [0.3, 0.4) is 0 Å². The molecule has 0 unspecified atom stereocenters. The smallest absolute Gasteiger partial charge is 0.147 e. The molecule has 0 amide bonds. The minimum Gasteiger partial charge on any atom is -0.487 e. The van der Waals surface area contributed by atoms with E-state index in [1.807, 2.05) is 30.9 Å². The molecular weight excluding hydrogens is 360 g/mol. The van der Waals surface area contributed by atoms with Crippen molar-refractivity contribution in [2.24, 2.45) is 0 Å². The molecule has 2 N–H and O–H groups in total. The van der Waals surface area contributed by atoms with Crippen LogP contribution in [-0.2, 0) is 0 Å². The van der Waals surface area contributed by atoms with Crippen LogP contribution in [0.2, 0.25) is 0 Å². The summed E-state index contributed by atoms with van der Waals surface area (Å²) in [7, 11) is 0. The van der Waals surface area contributed by atoms with E-state index in [-0.39, 0.29) is 6.10 Å². The fraction of sp³-hybridized carbons (Fsp3) is 0.316. The zero-order chi connectivity index (χ0) is 19.0. The van der Waals surface area contributed by atoms with Gasteiger partial charge in [0.05, 0.1) is 23.3 Å². The number of rotatable bonds is 4. The Morgan fingerprint density at radius 2 is 2.22 bits per heavy atom. The van der Waals surface area contributed by atoms with Crippen molar-refractivity contribution in [2.45, 2.75) is 26.4 Å². The summed E-state index contributed by atoms with van der Waals surface area (Å²) in [5, 5.41) is 26.0. The summed E-state index contributed by atoms with van der Waals surface area (Å²) in [6, 6.07) is 3.74. The summed E-state index contributed by atoms with van der Waals surface area (Å²) in [4.78, 5) is 7.63. The Balaban J connectivity index is 1.58. The molecule has 4 heterocycles. The Kier molecular flexibility index (Phi) is 4.57. The van der Waals surface area contributed by atoms with Crippen molar-refractivity contribution < 1.29 is 4.74 Å². The van der Waals surface area contributed by atoms with Crippen molar-refractivity contribution in [1.82, 2.24) is 20.1 Å². The van der Waals surface area contributed by atoms with E-state index in [2.05, 4.69) is 15.2 Å². The van der Waals surface area contributed by atoms with Crippen LogP contribution in [0.4, 0.5) is 0 Å². The average molecular weight is 380 g/mol. The van der Waals surface area contributed by atoms with Crippen LogP contribution < -0.4 is 4.74 Å². The molecule has 1 atom stereocenters. The number of aromatic nitrogens is 3. The number of ether oxygens (including phenoxy) is 1. The normalized spacial score (nSPS) is 16.7. The first-order valence-electron chi connectivity index (χ1n) is 8.76. The van der Waals surface area contributed by atoms with E-state index in [0.717, 1.165) is 50.6 Å². The van der Waals surface area contributed by atoms with Gasteiger partial charge in [0.1, 0.15) is 22.5 Å². The van der Waals surface area contributed by atoms with E-state index in [4.69, 9.17) is 15.6 Å². The lowest BCUT2D eigenvalue weighted by Gasteiger charge is -2.19. The number of aryl methyl sites for hydroxylation is 2. The van der Waals surface area contributed by atoms with E-state index >= 15 is 0 Å². The molecule has 0 spiro atoms. The van der Waals surface area contributed by atoms with Crippen LogP contribution >= 0.6 is 11.3 Å². The molecule has 0 aliphatic carbocycles. The maximum atomic E-state index is 8.71. The van der Waals surface area contributed by atoms with Gasteiger partial charge < -0.3 is 15.0 Å². The zero-order valence-electron chi connectivity index (χ0n) is 15.2. The van der Waals surface area contributed by atoms with Gasteiger partial charge in [0.2, 0.25) is 0 Å². The third-order valence-electron chi connectivity index (χ3n) is 4.89. The fourth-order valence-electron chi connectivity index (χ4n) is 3.33. The maximum absolute atomic E-state index is 8.71.